The van der Waals surface area contributed by atoms with Crippen molar-refractivity contribution in [2.75, 3.05) is 36.0 Å². The smallest absolute Gasteiger partial charge is 0.225 e. The number of aryl methyl sites for hydroxylation is 1. The second-order valence-electron chi connectivity index (χ2n) is 5.08. The van der Waals surface area contributed by atoms with Crippen molar-refractivity contribution >= 4 is 27.7 Å². The molecule has 2 aromatic heterocycles. The molecular formula is C14H17BrN6. The number of nitrogens with zero attached hydrogens (tertiary/aromatic N) is 6. The first-order valence-corrected chi connectivity index (χ1v) is 7.70. The van der Waals surface area contributed by atoms with Crippen LogP contribution in [0.2, 0.25) is 0 Å². The van der Waals surface area contributed by atoms with Crippen LogP contribution >= 0.6 is 15.9 Å². The minimum Gasteiger partial charge on any atom is -0.353 e. The summed E-state index contributed by atoms with van der Waals surface area (Å²) < 4.78 is 0.900. The van der Waals surface area contributed by atoms with Crippen molar-refractivity contribution in [2.45, 2.75) is 13.8 Å². The Balaban J connectivity index is 1.70. The fraction of sp³-hybridized carbons (Fsp3) is 0.429. The maximum Gasteiger partial charge on any atom is 0.225 e. The minimum absolute atomic E-state index is 0.786. The molecule has 1 fully saturated rings. The SMILES string of the molecule is Cc1ncnc(N2CCN(c3ncc(Br)cn3)CC2)c1C. The summed E-state index contributed by atoms with van der Waals surface area (Å²) in [5, 5.41) is 0. The van der Waals surface area contributed by atoms with Crippen LogP contribution in [0.25, 0.3) is 0 Å². The van der Waals surface area contributed by atoms with Crippen molar-refractivity contribution in [1.29, 1.82) is 0 Å². The van der Waals surface area contributed by atoms with Gasteiger partial charge in [0.2, 0.25) is 5.95 Å². The summed E-state index contributed by atoms with van der Waals surface area (Å²) in [5.74, 6) is 1.83. The summed E-state index contributed by atoms with van der Waals surface area (Å²) in [5.41, 5.74) is 2.20. The molecule has 7 heteroatoms. The number of halogens is 1. The van der Waals surface area contributed by atoms with E-state index in [9.17, 15) is 0 Å². The van der Waals surface area contributed by atoms with Gasteiger partial charge in [-0.25, -0.2) is 19.9 Å². The molecule has 0 bridgehead atoms. The standard InChI is InChI=1S/C14H17BrN6/c1-10-11(2)18-9-19-13(10)20-3-5-21(6-4-20)14-16-7-12(15)8-17-14/h7-9H,3-6H2,1-2H3. The Hall–Kier alpha value is -1.76. The molecule has 110 valence electrons. The molecule has 0 saturated carbocycles. The minimum atomic E-state index is 0.786. The lowest BCUT2D eigenvalue weighted by atomic mass is 10.2. The molecule has 0 amide bonds. The van der Waals surface area contributed by atoms with E-state index < -0.39 is 0 Å². The molecule has 0 radical (unpaired) electrons. The van der Waals surface area contributed by atoms with Crippen molar-refractivity contribution in [3.63, 3.8) is 0 Å². The molecule has 21 heavy (non-hydrogen) atoms. The number of aromatic nitrogens is 4. The number of rotatable bonds is 2. The van der Waals surface area contributed by atoms with Gasteiger partial charge >= 0.3 is 0 Å². The first-order valence-electron chi connectivity index (χ1n) is 6.91. The van der Waals surface area contributed by atoms with Crippen LogP contribution in [-0.4, -0.2) is 46.1 Å². The maximum absolute atomic E-state index is 4.43. The molecule has 0 unspecified atom stereocenters. The third-order valence-corrected chi connectivity index (χ3v) is 4.19. The topological polar surface area (TPSA) is 58.0 Å². The summed E-state index contributed by atoms with van der Waals surface area (Å²) in [6.07, 6.45) is 5.21. The summed E-state index contributed by atoms with van der Waals surface area (Å²) in [7, 11) is 0. The summed E-state index contributed by atoms with van der Waals surface area (Å²) >= 11 is 3.36. The highest BCUT2D eigenvalue weighted by molar-refractivity contribution is 9.10. The number of anilines is 2. The Kier molecular flexibility index (Phi) is 4.01. The third-order valence-electron chi connectivity index (χ3n) is 3.78. The molecule has 0 spiro atoms. The largest absolute Gasteiger partial charge is 0.353 e. The first-order chi connectivity index (χ1) is 10.1. The van der Waals surface area contributed by atoms with Crippen molar-refractivity contribution in [3.05, 3.63) is 34.5 Å². The lowest BCUT2D eigenvalue weighted by Crippen LogP contribution is -2.47. The van der Waals surface area contributed by atoms with Gasteiger partial charge in [0.1, 0.15) is 12.1 Å². The molecule has 0 aromatic carbocycles. The zero-order chi connectivity index (χ0) is 14.8. The van der Waals surface area contributed by atoms with E-state index in [4.69, 9.17) is 0 Å². The van der Waals surface area contributed by atoms with Gasteiger partial charge in [-0.3, -0.25) is 0 Å². The zero-order valence-corrected chi connectivity index (χ0v) is 13.7. The molecule has 1 saturated heterocycles. The Bertz CT molecular complexity index is 622. The van der Waals surface area contributed by atoms with Gasteiger partial charge in [0.05, 0.1) is 4.47 Å². The lowest BCUT2D eigenvalue weighted by Gasteiger charge is -2.36. The summed E-state index contributed by atoms with van der Waals surface area (Å²) in [6.45, 7) is 7.71. The Morgan fingerprint density at radius 2 is 1.52 bits per heavy atom. The van der Waals surface area contributed by atoms with Crippen LogP contribution in [0, 0.1) is 13.8 Å². The highest BCUT2D eigenvalue weighted by Gasteiger charge is 2.21. The second-order valence-corrected chi connectivity index (χ2v) is 6.00. The van der Waals surface area contributed by atoms with Crippen LogP contribution in [0.3, 0.4) is 0 Å². The van der Waals surface area contributed by atoms with Crippen molar-refractivity contribution < 1.29 is 0 Å². The van der Waals surface area contributed by atoms with Crippen molar-refractivity contribution in [1.82, 2.24) is 19.9 Å². The van der Waals surface area contributed by atoms with Crippen molar-refractivity contribution in [3.8, 4) is 0 Å². The second kappa shape index (κ2) is 5.93. The fourth-order valence-corrected chi connectivity index (χ4v) is 2.64. The van der Waals surface area contributed by atoms with Gasteiger partial charge in [-0.2, -0.15) is 0 Å². The fourth-order valence-electron chi connectivity index (χ4n) is 2.43. The Labute approximate surface area is 132 Å². The van der Waals surface area contributed by atoms with Crippen LogP contribution < -0.4 is 9.80 Å². The maximum atomic E-state index is 4.43. The number of piperazine rings is 1. The molecule has 3 heterocycles. The summed E-state index contributed by atoms with van der Waals surface area (Å²) in [6, 6.07) is 0. The number of hydrogen-bond acceptors (Lipinski definition) is 6. The normalized spacial score (nSPS) is 15.4. The first kappa shape index (κ1) is 14.2. The Morgan fingerprint density at radius 3 is 2.19 bits per heavy atom. The molecule has 1 aliphatic rings. The van der Waals surface area contributed by atoms with E-state index in [1.807, 2.05) is 6.92 Å². The van der Waals surface area contributed by atoms with Crippen LogP contribution in [0.1, 0.15) is 11.3 Å². The molecule has 2 aromatic rings. The highest BCUT2D eigenvalue weighted by atomic mass is 79.9. The molecule has 0 N–H and O–H groups in total. The average molecular weight is 349 g/mol. The van der Waals surface area contributed by atoms with Gasteiger partial charge in [0, 0.05) is 49.8 Å². The Morgan fingerprint density at radius 1 is 0.905 bits per heavy atom. The van der Waals surface area contributed by atoms with Gasteiger partial charge in [0.25, 0.3) is 0 Å². The predicted molar refractivity (Wildman–Crippen MR) is 85.7 cm³/mol. The summed E-state index contributed by atoms with van der Waals surface area (Å²) in [4.78, 5) is 21.9. The monoisotopic (exact) mass is 348 g/mol. The van der Waals surface area contributed by atoms with E-state index in [2.05, 4.69) is 52.6 Å². The van der Waals surface area contributed by atoms with Gasteiger partial charge in [-0.15, -0.1) is 0 Å². The molecule has 3 rings (SSSR count). The van der Waals surface area contributed by atoms with Crippen LogP contribution in [0.15, 0.2) is 23.2 Å². The zero-order valence-electron chi connectivity index (χ0n) is 12.1. The van der Waals surface area contributed by atoms with Crippen LogP contribution in [-0.2, 0) is 0 Å². The third kappa shape index (κ3) is 2.97. The van der Waals surface area contributed by atoms with Gasteiger partial charge in [-0.1, -0.05) is 0 Å². The van der Waals surface area contributed by atoms with Crippen LogP contribution in [0.5, 0.6) is 0 Å². The van der Waals surface area contributed by atoms with Crippen molar-refractivity contribution in [2.24, 2.45) is 0 Å². The van der Waals surface area contributed by atoms with E-state index >= 15 is 0 Å². The average Bonchev–Trinajstić information content (AvgIpc) is 2.51. The van der Waals surface area contributed by atoms with Gasteiger partial charge < -0.3 is 9.80 Å². The van der Waals surface area contributed by atoms with E-state index in [1.54, 1.807) is 18.7 Å². The van der Waals surface area contributed by atoms with E-state index in [0.29, 0.717) is 0 Å². The van der Waals surface area contributed by atoms with Gasteiger partial charge in [0.15, 0.2) is 0 Å². The lowest BCUT2D eigenvalue weighted by molar-refractivity contribution is 0.632. The van der Waals surface area contributed by atoms with E-state index in [0.717, 1.165) is 53.7 Å². The predicted octanol–water partition coefficient (Wildman–Crippen LogP) is 1.97. The molecule has 0 atom stereocenters. The van der Waals surface area contributed by atoms with E-state index in [1.165, 1.54) is 0 Å². The van der Waals surface area contributed by atoms with E-state index in [-0.39, 0.29) is 0 Å². The highest BCUT2D eigenvalue weighted by Crippen LogP contribution is 2.21. The number of hydrogen-bond donors (Lipinski definition) is 0. The molecule has 6 nitrogen and oxygen atoms in total. The molecule has 0 aliphatic carbocycles. The quantitative estimate of drug-likeness (QED) is 0.826. The van der Waals surface area contributed by atoms with Crippen LogP contribution in [0.4, 0.5) is 11.8 Å². The molecular weight excluding hydrogens is 332 g/mol. The molecule has 1 aliphatic heterocycles. The van der Waals surface area contributed by atoms with Gasteiger partial charge in [-0.05, 0) is 29.8 Å².